The molecule has 0 radical (unpaired) electrons. The average molecular weight is 289 g/mol. The number of hydrogen-bond acceptors (Lipinski definition) is 5. The fourth-order valence-electron chi connectivity index (χ4n) is 2.74. The molecule has 2 fully saturated rings. The highest BCUT2D eigenvalue weighted by atomic mass is 16.2. The van der Waals surface area contributed by atoms with Crippen LogP contribution in [0.5, 0.6) is 0 Å². The summed E-state index contributed by atoms with van der Waals surface area (Å²) in [5.74, 6) is -0.570. The van der Waals surface area contributed by atoms with E-state index >= 15 is 0 Å². The van der Waals surface area contributed by atoms with E-state index in [1.807, 2.05) is 0 Å². The summed E-state index contributed by atoms with van der Waals surface area (Å²) in [5.41, 5.74) is 0.691. The number of nitrogens with one attached hydrogen (secondary N) is 2. The van der Waals surface area contributed by atoms with Gasteiger partial charge in [-0.1, -0.05) is 0 Å². The van der Waals surface area contributed by atoms with Crippen LogP contribution in [0.15, 0.2) is 6.07 Å². The van der Waals surface area contributed by atoms with Gasteiger partial charge in [-0.3, -0.25) is 14.9 Å². The maximum Gasteiger partial charge on any atom is 0.322 e. The third kappa shape index (κ3) is 2.12. The molecule has 1 aromatic heterocycles. The molecule has 1 spiro atoms. The second-order valence-corrected chi connectivity index (χ2v) is 5.45. The van der Waals surface area contributed by atoms with Crippen molar-refractivity contribution in [2.24, 2.45) is 0 Å². The summed E-state index contributed by atoms with van der Waals surface area (Å²) in [6.07, 6.45) is 0.410. The maximum atomic E-state index is 12.6. The molecule has 0 saturated carbocycles. The number of amides is 4. The van der Waals surface area contributed by atoms with Crippen molar-refractivity contribution in [3.05, 3.63) is 23.0 Å². The van der Waals surface area contributed by atoms with Gasteiger partial charge < -0.3 is 10.2 Å². The van der Waals surface area contributed by atoms with E-state index in [1.54, 1.807) is 24.8 Å². The molecule has 2 aliphatic heterocycles. The predicted molar refractivity (Wildman–Crippen MR) is 71.4 cm³/mol. The summed E-state index contributed by atoms with van der Waals surface area (Å²) in [6.45, 7) is 4.06. The van der Waals surface area contributed by atoms with Crippen molar-refractivity contribution in [3.63, 3.8) is 0 Å². The minimum atomic E-state index is -0.990. The number of aromatic nitrogens is 2. The van der Waals surface area contributed by atoms with Crippen LogP contribution in [-0.2, 0) is 4.79 Å². The number of nitrogens with zero attached hydrogens (tertiary/aromatic N) is 3. The van der Waals surface area contributed by atoms with Gasteiger partial charge in [0.1, 0.15) is 5.54 Å². The normalized spacial score (nSPS) is 24.4. The average Bonchev–Trinajstić information content (AvgIpc) is 2.97. The molecule has 2 N–H and O–H groups in total. The number of imide groups is 1. The van der Waals surface area contributed by atoms with Crippen LogP contribution in [0.4, 0.5) is 4.79 Å². The van der Waals surface area contributed by atoms with Crippen molar-refractivity contribution >= 4 is 17.8 Å². The highest BCUT2D eigenvalue weighted by molar-refractivity contribution is 6.08. The molecule has 8 heteroatoms. The summed E-state index contributed by atoms with van der Waals surface area (Å²) in [4.78, 5) is 37.3. The Morgan fingerprint density at radius 1 is 1.33 bits per heavy atom. The highest BCUT2D eigenvalue weighted by Gasteiger charge is 2.51. The van der Waals surface area contributed by atoms with E-state index in [0.29, 0.717) is 29.9 Å². The fraction of sp³-hybridized carbons (Fsp3) is 0.462. The van der Waals surface area contributed by atoms with Crippen LogP contribution in [0.2, 0.25) is 0 Å². The summed E-state index contributed by atoms with van der Waals surface area (Å²) >= 11 is 0. The van der Waals surface area contributed by atoms with Crippen LogP contribution in [0.3, 0.4) is 0 Å². The van der Waals surface area contributed by atoms with E-state index in [1.165, 1.54) is 0 Å². The minimum absolute atomic E-state index is 0.171. The molecule has 1 unspecified atom stereocenters. The number of hydrogen-bond donors (Lipinski definition) is 2. The third-order valence-corrected chi connectivity index (χ3v) is 3.90. The van der Waals surface area contributed by atoms with Crippen molar-refractivity contribution in [1.29, 1.82) is 0 Å². The van der Waals surface area contributed by atoms with E-state index in [2.05, 4.69) is 20.8 Å². The second kappa shape index (κ2) is 4.51. The Balaban J connectivity index is 1.83. The Bertz CT molecular complexity index is 659. The van der Waals surface area contributed by atoms with Crippen LogP contribution in [0, 0.1) is 13.8 Å². The summed E-state index contributed by atoms with van der Waals surface area (Å²) < 4.78 is 0. The topological polar surface area (TPSA) is 104 Å². The van der Waals surface area contributed by atoms with Crippen molar-refractivity contribution in [3.8, 4) is 0 Å². The van der Waals surface area contributed by atoms with Gasteiger partial charge in [0.15, 0.2) is 0 Å². The molecule has 1 atom stereocenters. The minimum Gasteiger partial charge on any atom is -0.336 e. The zero-order chi connectivity index (χ0) is 15.2. The smallest absolute Gasteiger partial charge is 0.322 e. The number of likely N-dealkylation sites (tertiary alicyclic amines) is 1. The molecular weight excluding hydrogens is 274 g/mol. The van der Waals surface area contributed by atoms with E-state index in [-0.39, 0.29) is 18.4 Å². The van der Waals surface area contributed by atoms with Gasteiger partial charge in [-0.15, -0.1) is 0 Å². The monoisotopic (exact) mass is 289 g/mol. The molecule has 8 nitrogen and oxygen atoms in total. The van der Waals surface area contributed by atoms with Gasteiger partial charge in [-0.05, 0) is 26.3 Å². The molecule has 3 heterocycles. The Morgan fingerprint density at radius 2 is 2.10 bits per heavy atom. The lowest BCUT2D eigenvalue weighted by Crippen LogP contribution is -2.49. The molecule has 0 aromatic carbocycles. The molecule has 110 valence electrons. The lowest BCUT2D eigenvalue weighted by atomic mass is 9.99. The first-order chi connectivity index (χ1) is 9.91. The van der Waals surface area contributed by atoms with Crippen molar-refractivity contribution in [1.82, 2.24) is 25.7 Å². The molecule has 1 aromatic rings. The molecular formula is C13H15N5O3. The first kappa shape index (κ1) is 13.5. The molecule has 0 aliphatic carbocycles. The first-order valence-corrected chi connectivity index (χ1v) is 6.65. The molecule has 21 heavy (non-hydrogen) atoms. The van der Waals surface area contributed by atoms with Gasteiger partial charge in [-0.2, -0.15) is 10.2 Å². The van der Waals surface area contributed by atoms with Crippen LogP contribution in [-0.4, -0.2) is 51.6 Å². The first-order valence-electron chi connectivity index (χ1n) is 6.65. The van der Waals surface area contributed by atoms with Crippen LogP contribution in [0.25, 0.3) is 0 Å². The fourth-order valence-corrected chi connectivity index (χ4v) is 2.74. The van der Waals surface area contributed by atoms with Crippen LogP contribution >= 0.6 is 0 Å². The Kier molecular flexibility index (Phi) is 2.89. The molecule has 2 aliphatic rings. The van der Waals surface area contributed by atoms with Gasteiger partial charge in [0.2, 0.25) is 0 Å². The summed E-state index contributed by atoms with van der Waals surface area (Å²) in [7, 11) is 0. The van der Waals surface area contributed by atoms with Gasteiger partial charge in [0.25, 0.3) is 11.8 Å². The Morgan fingerprint density at radius 3 is 2.76 bits per heavy atom. The van der Waals surface area contributed by atoms with Crippen molar-refractivity contribution in [2.75, 3.05) is 13.1 Å². The van der Waals surface area contributed by atoms with Crippen LogP contribution in [0.1, 0.15) is 28.2 Å². The van der Waals surface area contributed by atoms with Gasteiger partial charge in [0.05, 0.1) is 23.5 Å². The molecule has 4 amide bonds. The highest BCUT2D eigenvalue weighted by Crippen LogP contribution is 2.26. The van der Waals surface area contributed by atoms with Gasteiger partial charge >= 0.3 is 6.03 Å². The quantitative estimate of drug-likeness (QED) is 0.679. The lowest BCUT2D eigenvalue weighted by Gasteiger charge is -2.21. The SMILES string of the molecule is Cc1cc(C(=O)N2CCC3(C2)NC(=O)NC3=O)c(C)nn1. The van der Waals surface area contributed by atoms with Gasteiger partial charge in [0, 0.05) is 6.54 Å². The second-order valence-electron chi connectivity index (χ2n) is 5.45. The summed E-state index contributed by atoms with van der Waals surface area (Å²) in [5, 5.41) is 12.7. The standard InChI is InChI=1S/C13H15N5O3/c1-7-5-9(8(2)17-16-7)10(19)18-4-3-13(6-18)11(20)14-12(21)15-13/h5H,3-4,6H2,1-2H3,(H2,14,15,20,21). The third-order valence-electron chi connectivity index (χ3n) is 3.90. The van der Waals surface area contributed by atoms with E-state index in [9.17, 15) is 14.4 Å². The van der Waals surface area contributed by atoms with Crippen molar-refractivity contribution in [2.45, 2.75) is 25.8 Å². The van der Waals surface area contributed by atoms with E-state index < -0.39 is 11.6 Å². The Hall–Kier alpha value is -2.51. The molecule has 2 saturated heterocycles. The number of aryl methyl sites for hydroxylation is 2. The number of carbonyl (C=O) groups excluding carboxylic acids is 3. The number of rotatable bonds is 1. The van der Waals surface area contributed by atoms with Crippen molar-refractivity contribution < 1.29 is 14.4 Å². The molecule has 0 bridgehead atoms. The lowest BCUT2D eigenvalue weighted by molar-refractivity contribution is -0.123. The van der Waals surface area contributed by atoms with E-state index in [4.69, 9.17) is 0 Å². The van der Waals surface area contributed by atoms with E-state index in [0.717, 1.165) is 0 Å². The summed E-state index contributed by atoms with van der Waals surface area (Å²) in [6, 6.07) is 1.18. The predicted octanol–water partition coefficient (Wildman–Crippen LogP) is -0.482. The zero-order valence-electron chi connectivity index (χ0n) is 11.8. The van der Waals surface area contributed by atoms with Crippen LogP contribution < -0.4 is 10.6 Å². The Labute approximate surface area is 120 Å². The number of carbonyl (C=O) groups is 3. The number of urea groups is 1. The largest absolute Gasteiger partial charge is 0.336 e. The maximum absolute atomic E-state index is 12.6. The van der Waals surface area contributed by atoms with Gasteiger partial charge in [-0.25, -0.2) is 4.79 Å². The zero-order valence-corrected chi connectivity index (χ0v) is 11.8. The molecule has 3 rings (SSSR count).